The Morgan fingerprint density at radius 3 is 2.00 bits per heavy atom. The van der Waals surface area contributed by atoms with Gasteiger partial charge in [0.1, 0.15) is 17.5 Å². The van der Waals surface area contributed by atoms with Gasteiger partial charge < -0.3 is 14.8 Å². The summed E-state index contributed by atoms with van der Waals surface area (Å²) in [5.74, 6) is 1.32. The molecule has 0 fully saturated rings. The summed E-state index contributed by atoms with van der Waals surface area (Å²) >= 11 is 0. The lowest BCUT2D eigenvalue weighted by molar-refractivity contribution is -0.121. The van der Waals surface area contributed by atoms with Crippen molar-refractivity contribution in [3.63, 3.8) is 0 Å². The van der Waals surface area contributed by atoms with E-state index in [1.807, 2.05) is 55.5 Å². The van der Waals surface area contributed by atoms with Crippen molar-refractivity contribution in [2.24, 2.45) is 5.10 Å². The van der Waals surface area contributed by atoms with E-state index in [9.17, 15) is 4.79 Å². The highest BCUT2D eigenvalue weighted by Gasteiger charge is 2.12. The number of amides is 1. The van der Waals surface area contributed by atoms with Gasteiger partial charge in [-0.15, -0.1) is 0 Å². The van der Waals surface area contributed by atoms with Crippen LogP contribution in [0, 0.1) is 0 Å². The Labute approximate surface area is 147 Å². The fourth-order valence-corrected chi connectivity index (χ4v) is 2.14. The van der Waals surface area contributed by atoms with E-state index in [1.54, 1.807) is 21.1 Å². The lowest BCUT2D eigenvalue weighted by Crippen LogP contribution is -2.35. The first-order valence-electron chi connectivity index (χ1n) is 7.92. The van der Waals surface area contributed by atoms with Crippen LogP contribution >= 0.6 is 0 Å². The summed E-state index contributed by atoms with van der Waals surface area (Å²) in [6, 6.07) is 14.4. The smallest absolute Gasteiger partial charge is 0.262 e. The Hall–Kier alpha value is -3.02. The van der Waals surface area contributed by atoms with Crippen molar-refractivity contribution in [2.45, 2.75) is 19.9 Å². The SMILES string of the molecule is COc1ccc(N[C@@H](C)C(=O)NN=C(C)c2ccc(OC)cc2)cc1. The van der Waals surface area contributed by atoms with E-state index in [1.165, 1.54) is 0 Å². The monoisotopic (exact) mass is 341 g/mol. The van der Waals surface area contributed by atoms with Crippen molar-refractivity contribution >= 4 is 17.3 Å². The predicted octanol–water partition coefficient (Wildman–Crippen LogP) is 3.04. The summed E-state index contributed by atoms with van der Waals surface area (Å²) in [6.07, 6.45) is 0. The molecule has 0 aliphatic carbocycles. The van der Waals surface area contributed by atoms with Crippen LogP contribution in [0.3, 0.4) is 0 Å². The van der Waals surface area contributed by atoms with Gasteiger partial charge in [0.15, 0.2) is 0 Å². The van der Waals surface area contributed by atoms with Crippen molar-refractivity contribution in [1.82, 2.24) is 5.43 Å². The Morgan fingerprint density at radius 1 is 0.960 bits per heavy atom. The minimum absolute atomic E-state index is 0.219. The molecule has 0 saturated heterocycles. The van der Waals surface area contributed by atoms with Crippen LogP contribution in [0.15, 0.2) is 53.6 Å². The number of hydrogen-bond donors (Lipinski definition) is 2. The largest absolute Gasteiger partial charge is 0.497 e. The fourth-order valence-electron chi connectivity index (χ4n) is 2.14. The first-order chi connectivity index (χ1) is 12.0. The number of nitrogens with one attached hydrogen (secondary N) is 2. The van der Waals surface area contributed by atoms with Gasteiger partial charge >= 0.3 is 0 Å². The molecule has 1 amide bonds. The van der Waals surface area contributed by atoms with Gasteiger partial charge in [-0.2, -0.15) is 5.10 Å². The topological polar surface area (TPSA) is 72.0 Å². The van der Waals surface area contributed by atoms with Crippen LogP contribution in [0.5, 0.6) is 11.5 Å². The molecule has 0 spiro atoms. The van der Waals surface area contributed by atoms with Gasteiger partial charge in [-0.05, 0) is 67.9 Å². The average molecular weight is 341 g/mol. The van der Waals surface area contributed by atoms with E-state index < -0.39 is 6.04 Å². The number of nitrogens with zero attached hydrogens (tertiary/aromatic N) is 1. The first-order valence-corrected chi connectivity index (χ1v) is 7.92. The second kappa shape index (κ2) is 8.73. The van der Waals surface area contributed by atoms with Crippen molar-refractivity contribution in [3.05, 3.63) is 54.1 Å². The molecule has 0 aliphatic heterocycles. The lowest BCUT2D eigenvalue weighted by atomic mass is 10.1. The molecule has 132 valence electrons. The summed E-state index contributed by atoms with van der Waals surface area (Å²) in [7, 11) is 3.23. The first kappa shape index (κ1) is 18.3. The Bertz CT molecular complexity index is 725. The number of carbonyl (C=O) groups is 1. The van der Waals surface area contributed by atoms with Gasteiger partial charge in [-0.1, -0.05) is 0 Å². The highest BCUT2D eigenvalue weighted by Crippen LogP contribution is 2.16. The van der Waals surface area contributed by atoms with Crippen molar-refractivity contribution in [1.29, 1.82) is 0 Å². The van der Waals surface area contributed by atoms with Crippen LogP contribution in [-0.4, -0.2) is 31.9 Å². The maximum atomic E-state index is 12.2. The number of methoxy groups -OCH3 is 2. The molecule has 0 bridgehead atoms. The van der Waals surface area contributed by atoms with Gasteiger partial charge in [0, 0.05) is 5.69 Å². The normalized spacial score (nSPS) is 12.2. The van der Waals surface area contributed by atoms with Crippen LogP contribution < -0.4 is 20.2 Å². The number of ether oxygens (including phenoxy) is 2. The molecule has 2 rings (SSSR count). The van der Waals surface area contributed by atoms with Crippen LogP contribution in [0.25, 0.3) is 0 Å². The molecule has 6 nitrogen and oxygen atoms in total. The highest BCUT2D eigenvalue weighted by molar-refractivity contribution is 5.99. The van der Waals surface area contributed by atoms with Crippen molar-refractivity contribution in [3.8, 4) is 11.5 Å². The molecule has 0 unspecified atom stereocenters. The molecule has 0 heterocycles. The van der Waals surface area contributed by atoms with Gasteiger partial charge in [-0.3, -0.25) is 4.79 Å². The number of hydrogen-bond acceptors (Lipinski definition) is 5. The zero-order chi connectivity index (χ0) is 18.2. The van der Waals surface area contributed by atoms with E-state index in [0.717, 1.165) is 22.7 Å². The molecule has 2 N–H and O–H groups in total. The Kier molecular flexibility index (Phi) is 6.39. The third-order valence-electron chi connectivity index (χ3n) is 3.71. The van der Waals surface area contributed by atoms with Crippen molar-refractivity contribution < 1.29 is 14.3 Å². The molecule has 0 saturated carbocycles. The number of anilines is 1. The van der Waals surface area contributed by atoms with Gasteiger partial charge in [0.05, 0.1) is 19.9 Å². The summed E-state index contributed by atoms with van der Waals surface area (Å²) in [5.41, 5.74) is 5.04. The van der Waals surface area contributed by atoms with Crippen LogP contribution in [0.1, 0.15) is 19.4 Å². The van der Waals surface area contributed by atoms with E-state index in [4.69, 9.17) is 9.47 Å². The molecule has 1 atom stereocenters. The summed E-state index contributed by atoms with van der Waals surface area (Å²) in [4.78, 5) is 12.2. The van der Waals surface area contributed by atoms with Crippen molar-refractivity contribution in [2.75, 3.05) is 19.5 Å². The minimum atomic E-state index is -0.430. The Balaban J connectivity index is 1.92. The second-order valence-electron chi connectivity index (χ2n) is 5.50. The predicted molar refractivity (Wildman–Crippen MR) is 99.4 cm³/mol. The zero-order valence-corrected chi connectivity index (χ0v) is 14.9. The fraction of sp³-hybridized carbons (Fsp3) is 0.263. The number of hydrazone groups is 1. The molecule has 0 radical (unpaired) electrons. The average Bonchev–Trinajstić information content (AvgIpc) is 2.66. The van der Waals surface area contributed by atoms with Gasteiger partial charge in [0.2, 0.25) is 0 Å². The van der Waals surface area contributed by atoms with E-state index >= 15 is 0 Å². The molecule has 0 aromatic heterocycles. The third-order valence-corrected chi connectivity index (χ3v) is 3.71. The molecule has 6 heteroatoms. The molecule has 2 aromatic carbocycles. The molecule has 25 heavy (non-hydrogen) atoms. The standard InChI is InChI=1S/C19H23N3O3/c1-13(15-5-9-17(24-3)10-6-15)21-22-19(23)14(2)20-16-7-11-18(25-4)12-8-16/h5-12,14,20H,1-4H3,(H,22,23)/t14-/m0/s1. The summed E-state index contributed by atoms with van der Waals surface area (Å²) in [6.45, 7) is 3.61. The maximum absolute atomic E-state index is 12.2. The molecular formula is C19H23N3O3. The van der Waals surface area contributed by atoms with Gasteiger partial charge in [0.25, 0.3) is 5.91 Å². The molecular weight excluding hydrogens is 318 g/mol. The molecule has 0 aliphatic rings. The Morgan fingerprint density at radius 2 is 1.48 bits per heavy atom. The minimum Gasteiger partial charge on any atom is -0.497 e. The number of carbonyl (C=O) groups excluding carboxylic acids is 1. The van der Waals surface area contributed by atoms with Crippen LogP contribution in [0.4, 0.5) is 5.69 Å². The van der Waals surface area contributed by atoms with E-state index in [-0.39, 0.29) is 5.91 Å². The lowest BCUT2D eigenvalue weighted by Gasteiger charge is -2.14. The third kappa shape index (κ3) is 5.24. The van der Waals surface area contributed by atoms with Crippen LogP contribution in [0.2, 0.25) is 0 Å². The van der Waals surface area contributed by atoms with Crippen LogP contribution in [-0.2, 0) is 4.79 Å². The molecule has 2 aromatic rings. The zero-order valence-electron chi connectivity index (χ0n) is 14.9. The van der Waals surface area contributed by atoms with E-state index in [2.05, 4.69) is 15.8 Å². The number of benzene rings is 2. The quantitative estimate of drug-likeness (QED) is 0.600. The van der Waals surface area contributed by atoms with E-state index in [0.29, 0.717) is 5.71 Å². The second-order valence-corrected chi connectivity index (χ2v) is 5.50. The van der Waals surface area contributed by atoms with Gasteiger partial charge in [-0.25, -0.2) is 5.43 Å². The highest BCUT2D eigenvalue weighted by atomic mass is 16.5. The summed E-state index contributed by atoms with van der Waals surface area (Å²) in [5, 5.41) is 7.27. The number of rotatable bonds is 7. The maximum Gasteiger partial charge on any atom is 0.262 e. The summed E-state index contributed by atoms with van der Waals surface area (Å²) < 4.78 is 10.2.